The summed E-state index contributed by atoms with van der Waals surface area (Å²) in [5.74, 6) is -0.227. The first-order valence-corrected chi connectivity index (χ1v) is 13.3. The third-order valence-corrected chi connectivity index (χ3v) is 9.02. The third-order valence-electron chi connectivity index (χ3n) is 6.98. The van der Waals surface area contributed by atoms with Crippen molar-refractivity contribution in [3.05, 3.63) is 65.2 Å². The Hall–Kier alpha value is -2.71. The number of nitrogens with zero attached hydrogens (tertiary/aromatic N) is 2. The van der Waals surface area contributed by atoms with E-state index in [1.165, 1.54) is 9.87 Å². The molecular formula is C26H33N3O4S. The van der Waals surface area contributed by atoms with Crippen molar-refractivity contribution in [3.8, 4) is 0 Å². The lowest BCUT2D eigenvalue weighted by atomic mass is 9.96. The maximum Gasteiger partial charge on any atom is 0.243 e. The number of rotatable bonds is 8. The summed E-state index contributed by atoms with van der Waals surface area (Å²) in [4.78, 5) is 27.0. The second-order valence-electron chi connectivity index (χ2n) is 9.48. The van der Waals surface area contributed by atoms with E-state index in [4.69, 9.17) is 0 Å². The van der Waals surface area contributed by atoms with Crippen molar-refractivity contribution < 1.29 is 18.0 Å². The Bertz CT molecular complexity index is 1150. The van der Waals surface area contributed by atoms with Gasteiger partial charge in [-0.25, -0.2) is 8.42 Å². The zero-order valence-corrected chi connectivity index (χ0v) is 20.7. The van der Waals surface area contributed by atoms with Crippen molar-refractivity contribution in [2.45, 2.75) is 49.8 Å². The Morgan fingerprint density at radius 3 is 2.26 bits per heavy atom. The number of piperazine rings is 1. The topological polar surface area (TPSA) is 86.8 Å². The highest BCUT2D eigenvalue weighted by Crippen LogP contribution is 2.47. The Morgan fingerprint density at radius 2 is 1.62 bits per heavy atom. The molecule has 2 aromatic carbocycles. The Kier molecular flexibility index (Phi) is 7.09. The lowest BCUT2D eigenvalue weighted by Crippen LogP contribution is -2.50. The largest absolute Gasteiger partial charge is 0.355 e. The normalized spacial score (nSPS) is 17.9. The monoisotopic (exact) mass is 483 g/mol. The van der Waals surface area contributed by atoms with E-state index in [9.17, 15) is 18.0 Å². The van der Waals surface area contributed by atoms with Crippen molar-refractivity contribution in [3.63, 3.8) is 0 Å². The van der Waals surface area contributed by atoms with Crippen LogP contribution in [0, 0.1) is 13.8 Å². The summed E-state index contributed by atoms with van der Waals surface area (Å²) in [7, 11) is -3.60. The van der Waals surface area contributed by atoms with Crippen molar-refractivity contribution in [2.75, 3.05) is 32.7 Å². The van der Waals surface area contributed by atoms with Crippen LogP contribution in [0.1, 0.15) is 42.4 Å². The number of sulfonamides is 1. The predicted octanol–water partition coefficient (Wildman–Crippen LogP) is 2.76. The molecule has 0 aromatic heterocycles. The molecule has 1 saturated carbocycles. The van der Waals surface area contributed by atoms with Gasteiger partial charge in [-0.1, -0.05) is 42.5 Å². The first-order valence-electron chi connectivity index (χ1n) is 11.9. The van der Waals surface area contributed by atoms with E-state index >= 15 is 0 Å². The van der Waals surface area contributed by atoms with Crippen LogP contribution in [0.25, 0.3) is 0 Å². The van der Waals surface area contributed by atoms with Crippen LogP contribution in [-0.4, -0.2) is 62.2 Å². The molecule has 0 radical (unpaired) electrons. The predicted molar refractivity (Wildman–Crippen MR) is 131 cm³/mol. The highest BCUT2D eigenvalue weighted by molar-refractivity contribution is 7.89. The maximum absolute atomic E-state index is 13.1. The Labute approximate surface area is 202 Å². The molecule has 2 aromatic rings. The van der Waals surface area contributed by atoms with Crippen LogP contribution >= 0.6 is 0 Å². The van der Waals surface area contributed by atoms with Crippen LogP contribution in [0.3, 0.4) is 0 Å². The number of carbonyl (C=O) groups excluding carboxylic acids is 2. The van der Waals surface area contributed by atoms with Gasteiger partial charge in [0.25, 0.3) is 0 Å². The average Bonchev–Trinajstić information content (AvgIpc) is 3.64. The summed E-state index contributed by atoms with van der Waals surface area (Å²) >= 11 is 0. The van der Waals surface area contributed by atoms with Gasteiger partial charge in [0.15, 0.2) is 0 Å². The van der Waals surface area contributed by atoms with Gasteiger partial charge in [0.2, 0.25) is 21.8 Å². The summed E-state index contributed by atoms with van der Waals surface area (Å²) in [6.07, 6.45) is 2.40. The minimum absolute atomic E-state index is 0.0401. The molecule has 0 bridgehead atoms. The number of amides is 2. The molecule has 2 amide bonds. The standard InChI is InChI=1S/C26H33N3O4S/c1-20-8-9-21(2)23(18-20)34(32,33)29-16-14-28(15-17-29)25(31)11-10-24(30)27-19-26(12-13-26)22-6-4-3-5-7-22/h3-9,18H,10-17,19H2,1-2H3,(H,27,30). The van der Waals surface area contributed by atoms with Gasteiger partial charge in [0.05, 0.1) is 4.90 Å². The molecule has 4 rings (SSSR count). The van der Waals surface area contributed by atoms with E-state index in [1.54, 1.807) is 17.9 Å². The van der Waals surface area contributed by atoms with Crippen molar-refractivity contribution >= 4 is 21.8 Å². The van der Waals surface area contributed by atoms with Gasteiger partial charge < -0.3 is 10.2 Å². The molecule has 1 heterocycles. The second kappa shape index (κ2) is 9.88. The number of nitrogens with one attached hydrogen (secondary N) is 1. The van der Waals surface area contributed by atoms with Crippen molar-refractivity contribution in [2.24, 2.45) is 0 Å². The zero-order chi connectivity index (χ0) is 24.3. The van der Waals surface area contributed by atoms with Gasteiger partial charge in [-0.15, -0.1) is 0 Å². The minimum Gasteiger partial charge on any atom is -0.355 e. The van der Waals surface area contributed by atoms with Crippen LogP contribution in [0.15, 0.2) is 53.4 Å². The summed E-state index contributed by atoms with van der Waals surface area (Å²) < 4.78 is 27.6. The van der Waals surface area contributed by atoms with Crippen LogP contribution in [0.5, 0.6) is 0 Å². The van der Waals surface area contributed by atoms with Crippen molar-refractivity contribution in [1.82, 2.24) is 14.5 Å². The highest BCUT2D eigenvalue weighted by Gasteiger charge is 2.44. The molecule has 1 N–H and O–H groups in total. The van der Waals surface area contributed by atoms with E-state index in [2.05, 4.69) is 17.4 Å². The van der Waals surface area contributed by atoms with Gasteiger partial charge in [-0.2, -0.15) is 4.31 Å². The van der Waals surface area contributed by atoms with E-state index < -0.39 is 10.0 Å². The fourth-order valence-electron chi connectivity index (χ4n) is 4.55. The van der Waals surface area contributed by atoms with Gasteiger partial charge in [-0.3, -0.25) is 9.59 Å². The van der Waals surface area contributed by atoms with Crippen LogP contribution in [-0.2, 0) is 25.0 Å². The van der Waals surface area contributed by atoms with Crippen molar-refractivity contribution in [1.29, 1.82) is 0 Å². The third kappa shape index (κ3) is 5.33. The molecule has 2 fully saturated rings. The quantitative estimate of drug-likeness (QED) is 0.626. The van der Waals surface area contributed by atoms with Gasteiger partial charge in [0.1, 0.15) is 0 Å². The lowest BCUT2D eigenvalue weighted by Gasteiger charge is -2.34. The van der Waals surface area contributed by atoms with Crippen LogP contribution in [0.4, 0.5) is 0 Å². The summed E-state index contributed by atoms with van der Waals surface area (Å²) in [6, 6.07) is 15.6. The Balaban J connectivity index is 1.23. The van der Waals surface area contributed by atoms with E-state index in [1.807, 2.05) is 37.3 Å². The molecule has 1 saturated heterocycles. The van der Waals surface area contributed by atoms with Crippen LogP contribution < -0.4 is 5.32 Å². The summed E-state index contributed by atoms with van der Waals surface area (Å²) in [5, 5.41) is 3.00. The smallest absolute Gasteiger partial charge is 0.243 e. The first kappa shape index (κ1) is 24.4. The minimum atomic E-state index is -3.60. The molecular weight excluding hydrogens is 450 g/mol. The molecule has 0 spiro atoms. The van der Waals surface area contributed by atoms with Gasteiger partial charge >= 0.3 is 0 Å². The molecule has 7 nitrogen and oxygen atoms in total. The number of carbonyl (C=O) groups is 2. The highest BCUT2D eigenvalue weighted by atomic mass is 32.2. The lowest BCUT2D eigenvalue weighted by molar-refractivity contribution is -0.134. The van der Waals surface area contributed by atoms with E-state index in [-0.39, 0.29) is 43.2 Å². The summed E-state index contributed by atoms with van der Waals surface area (Å²) in [5.41, 5.74) is 2.90. The molecule has 182 valence electrons. The zero-order valence-electron chi connectivity index (χ0n) is 19.9. The molecule has 0 unspecified atom stereocenters. The van der Waals surface area contributed by atoms with Gasteiger partial charge in [0, 0.05) is 51.0 Å². The molecule has 8 heteroatoms. The Morgan fingerprint density at radius 1 is 0.941 bits per heavy atom. The van der Waals surface area contributed by atoms with Crippen LogP contribution in [0.2, 0.25) is 0 Å². The number of hydrogen-bond acceptors (Lipinski definition) is 4. The number of benzene rings is 2. The maximum atomic E-state index is 13.1. The average molecular weight is 484 g/mol. The second-order valence-corrected chi connectivity index (χ2v) is 11.4. The number of aryl methyl sites for hydroxylation is 2. The van der Waals surface area contributed by atoms with E-state index in [0.717, 1.165) is 24.0 Å². The SMILES string of the molecule is Cc1ccc(C)c(S(=O)(=O)N2CCN(C(=O)CCC(=O)NCC3(c4ccccc4)CC3)CC2)c1. The molecule has 1 aliphatic carbocycles. The first-order chi connectivity index (χ1) is 16.2. The number of hydrogen-bond donors (Lipinski definition) is 1. The van der Waals surface area contributed by atoms with E-state index in [0.29, 0.717) is 24.5 Å². The fourth-order valence-corrected chi connectivity index (χ4v) is 6.28. The van der Waals surface area contributed by atoms with Gasteiger partial charge in [-0.05, 0) is 49.4 Å². The summed E-state index contributed by atoms with van der Waals surface area (Å²) in [6.45, 7) is 5.45. The molecule has 34 heavy (non-hydrogen) atoms. The molecule has 0 atom stereocenters. The fraction of sp³-hybridized carbons (Fsp3) is 0.462. The molecule has 2 aliphatic rings. The molecule has 1 aliphatic heterocycles.